The lowest BCUT2D eigenvalue weighted by molar-refractivity contribution is -0.137. The Morgan fingerprint density at radius 2 is 1.53 bits per heavy atom. The Labute approximate surface area is 297 Å². The van der Waals surface area contributed by atoms with Gasteiger partial charge < -0.3 is 24.8 Å². The smallest absolute Gasteiger partial charge is 0.336 e. The highest BCUT2D eigenvalue weighted by Gasteiger charge is 2.38. The van der Waals surface area contributed by atoms with E-state index in [0.717, 1.165) is 44.2 Å². The fourth-order valence-corrected chi connectivity index (χ4v) is 6.72. The number of carbonyl (C=O) groups is 2. The Morgan fingerprint density at radius 1 is 0.878 bits per heavy atom. The van der Waals surface area contributed by atoms with Crippen LogP contribution < -0.4 is 15.4 Å². The number of rotatable bonds is 11. The molecule has 49 heavy (non-hydrogen) atoms. The molecule has 2 aromatic carbocycles. The lowest BCUT2D eigenvalue weighted by atomic mass is 9.80. The van der Waals surface area contributed by atoms with Crippen LogP contribution in [-0.2, 0) is 31.9 Å². The molecule has 2 N–H and O–H groups in total. The quantitative estimate of drug-likeness (QED) is 0.152. The third-order valence-corrected chi connectivity index (χ3v) is 8.99. The summed E-state index contributed by atoms with van der Waals surface area (Å²) >= 11 is 6.76. The number of benzene rings is 2. The number of dihydropyridines is 1. The maximum atomic E-state index is 12.8. The summed E-state index contributed by atoms with van der Waals surface area (Å²) in [6, 6.07) is 11.9. The SMILES string of the molecule is CC.CC.COC(=O)C1=C(C)NC(C)=C(C(=O)OC)C1c1ccc(OCCCCCNc2c3c(nc4cc(C)ccc24)CCCC3)cc1Cl. The van der Waals surface area contributed by atoms with Gasteiger partial charge in [-0.3, -0.25) is 4.98 Å². The van der Waals surface area contributed by atoms with Gasteiger partial charge in [0.15, 0.2) is 0 Å². The van der Waals surface area contributed by atoms with Crippen molar-refractivity contribution in [1.82, 2.24) is 10.3 Å². The summed E-state index contributed by atoms with van der Waals surface area (Å²) in [5, 5.41) is 8.45. The van der Waals surface area contributed by atoms with Crippen molar-refractivity contribution in [3.63, 3.8) is 0 Å². The Morgan fingerprint density at radius 3 is 2.16 bits per heavy atom. The molecule has 5 rings (SSSR count). The molecule has 0 radical (unpaired) electrons. The van der Waals surface area contributed by atoms with E-state index in [0.29, 0.717) is 45.5 Å². The second-order valence-corrected chi connectivity index (χ2v) is 12.2. The molecule has 0 saturated heterocycles. The number of allylic oxidation sites excluding steroid dienone is 2. The molecule has 0 atom stereocenters. The molecule has 1 aliphatic heterocycles. The number of anilines is 1. The van der Waals surface area contributed by atoms with Gasteiger partial charge in [-0.1, -0.05) is 57.5 Å². The van der Waals surface area contributed by atoms with Gasteiger partial charge in [-0.25, -0.2) is 9.59 Å². The number of unbranched alkanes of at least 4 members (excludes halogenated alkanes) is 2. The van der Waals surface area contributed by atoms with E-state index in [1.165, 1.54) is 55.0 Å². The lowest BCUT2D eigenvalue weighted by Crippen LogP contribution is -2.32. The van der Waals surface area contributed by atoms with Crippen LogP contribution in [0.3, 0.4) is 0 Å². The number of nitrogens with zero attached hydrogens (tertiary/aromatic N) is 1. The van der Waals surface area contributed by atoms with E-state index < -0.39 is 17.9 Å². The third-order valence-electron chi connectivity index (χ3n) is 8.66. The van der Waals surface area contributed by atoms with Gasteiger partial charge in [0.25, 0.3) is 0 Å². The summed E-state index contributed by atoms with van der Waals surface area (Å²) in [7, 11) is 2.62. The van der Waals surface area contributed by atoms with Crippen LogP contribution in [0, 0.1) is 6.92 Å². The first-order chi connectivity index (χ1) is 23.7. The number of nitrogens with one attached hydrogen (secondary N) is 2. The topological polar surface area (TPSA) is 98.8 Å². The molecule has 0 saturated carbocycles. The molecular formula is C40H54ClN3O5. The zero-order valence-corrected chi connectivity index (χ0v) is 31.5. The number of pyridine rings is 1. The van der Waals surface area contributed by atoms with Crippen molar-refractivity contribution >= 4 is 40.1 Å². The molecule has 2 aliphatic rings. The Balaban J connectivity index is 0.00000157. The molecule has 0 fully saturated rings. The van der Waals surface area contributed by atoms with Crippen LogP contribution in [0.1, 0.15) is 102 Å². The number of aromatic nitrogens is 1. The molecule has 1 aliphatic carbocycles. The number of hydrogen-bond donors (Lipinski definition) is 2. The molecule has 0 bridgehead atoms. The lowest BCUT2D eigenvalue weighted by Gasteiger charge is -2.30. The maximum absolute atomic E-state index is 12.8. The van der Waals surface area contributed by atoms with E-state index in [1.807, 2.05) is 33.8 Å². The molecule has 3 aromatic rings. The summed E-state index contributed by atoms with van der Waals surface area (Å²) in [6.07, 6.45) is 7.49. The molecule has 1 aromatic heterocycles. The van der Waals surface area contributed by atoms with Crippen molar-refractivity contribution in [2.45, 2.75) is 99.3 Å². The summed E-state index contributed by atoms with van der Waals surface area (Å²) in [6.45, 7) is 15.1. The van der Waals surface area contributed by atoms with Crippen LogP contribution in [0.2, 0.25) is 5.02 Å². The predicted molar refractivity (Wildman–Crippen MR) is 200 cm³/mol. The van der Waals surface area contributed by atoms with Crippen LogP contribution in [0.25, 0.3) is 10.9 Å². The van der Waals surface area contributed by atoms with Crippen LogP contribution in [0.4, 0.5) is 5.69 Å². The number of aryl methyl sites for hydroxylation is 2. The number of carbonyl (C=O) groups excluding carboxylic acids is 2. The molecule has 0 spiro atoms. The van der Waals surface area contributed by atoms with Crippen molar-refractivity contribution in [3.05, 3.63) is 86.3 Å². The average Bonchev–Trinajstić information content (AvgIpc) is 3.11. The normalized spacial score (nSPS) is 14.1. The molecule has 8 nitrogen and oxygen atoms in total. The van der Waals surface area contributed by atoms with Crippen LogP contribution >= 0.6 is 11.6 Å². The van der Waals surface area contributed by atoms with Gasteiger partial charge in [0, 0.05) is 39.7 Å². The van der Waals surface area contributed by atoms with E-state index in [-0.39, 0.29) is 0 Å². The van der Waals surface area contributed by atoms with E-state index in [4.69, 9.17) is 30.8 Å². The van der Waals surface area contributed by atoms with Gasteiger partial charge in [-0.15, -0.1) is 0 Å². The first kappa shape index (κ1) is 39.4. The zero-order valence-electron chi connectivity index (χ0n) is 30.8. The Bertz CT molecular complexity index is 1640. The van der Waals surface area contributed by atoms with E-state index in [1.54, 1.807) is 26.0 Å². The Hall–Kier alpha value is -4.04. The molecule has 0 amide bonds. The van der Waals surface area contributed by atoms with Crippen LogP contribution in [0.5, 0.6) is 5.75 Å². The minimum atomic E-state index is -0.743. The summed E-state index contributed by atoms with van der Waals surface area (Å²) < 4.78 is 16.1. The fraction of sp³-hybridized carbons (Fsp3) is 0.475. The van der Waals surface area contributed by atoms with Crippen molar-refractivity contribution in [2.24, 2.45) is 0 Å². The van der Waals surface area contributed by atoms with Gasteiger partial charge in [-0.05, 0) is 101 Å². The molecular weight excluding hydrogens is 638 g/mol. The van der Waals surface area contributed by atoms with E-state index >= 15 is 0 Å². The predicted octanol–water partition coefficient (Wildman–Crippen LogP) is 9.37. The molecule has 0 unspecified atom stereocenters. The fourth-order valence-electron chi connectivity index (χ4n) is 6.44. The zero-order chi connectivity index (χ0) is 36.1. The van der Waals surface area contributed by atoms with Crippen molar-refractivity contribution in [3.8, 4) is 5.75 Å². The highest BCUT2D eigenvalue weighted by Crippen LogP contribution is 2.42. The first-order valence-corrected chi connectivity index (χ1v) is 18.0. The number of hydrogen-bond acceptors (Lipinski definition) is 8. The van der Waals surface area contributed by atoms with Gasteiger partial charge in [0.1, 0.15) is 5.75 Å². The average molecular weight is 692 g/mol. The van der Waals surface area contributed by atoms with Crippen LogP contribution in [-0.4, -0.2) is 44.3 Å². The second kappa shape index (κ2) is 19.2. The first-order valence-electron chi connectivity index (χ1n) is 17.7. The van der Waals surface area contributed by atoms with E-state index in [9.17, 15) is 9.59 Å². The number of esters is 2. The van der Waals surface area contributed by atoms with E-state index in [2.05, 4.69) is 35.8 Å². The molecule has 9 heteroatoms. The highest BCUT2D eigenvalue weighted by atomic mass is 35.5. The summed E-state index contributed by atoms with van der Waals surface area (Å²) in [5.41, 5.74) is 8.61. The van der Waals surface area contributed by atoms with Crippen molar-refractivity contribution < 1.29 is 23.8 Å². The number of halogens is 1. The second-order valence-electron chi connectivity index (χ2n) is 11.8. The standard InChI is InChI=1S/C36H42ClN3O5.2C2H6/c1-21-13-15-27-30(19-21)40-29-12-8-7-11-26(29)34(27)38-17-9-6-10-18-45-24-14-16-25(28(37)20-24)33-31(35(41)43-4)22(2)39-23(3)32(33)36(42)44-5;2*1-2/h13-16,19-20,33,39H,6-12,17-18H2,1-5H3,(H,38,40);2*1-2H3. The van der Waals surface area contributed by atoms with Gasteiger partial charge in [0.2, 0.25) is 0 Å². The number of methoxy groups -OCH3 is 2. The van der Waals surface area contributed by atoms with Gasteiger partial charge in [-0.2, -0.15) is 0 Å². The summed E-state index contributed by atoms with van der Waals surface area (Å²) in [4.78, 5) is 30.6. The third kappa shape index (κ3) is 9.35. The monoisotopic (exact) mass is 691 g/mol. The molecule has 2 heterocycles. The molecule has 266 valence electrons. The number of ether oxygens (including phenoxy) is 3. The minimum Gasteiger partial charge on any atom is -0.494 e. The van der Waals surface area contributed by atoms with Gasteiger partial charge in [0.05, 0.1) is 43.4 Å². The largest absolute Gasteiger partial charge is 0.494 e. The van der Waals surface area contributed by atoms with Crippen LogP contribution in [0.15, 0.2) is 58.9 Å². The number of fused-ring (bicyclic) bond motifs is 2. The Kier molecular flexibility index (Phi) is 15.5. The van der Waals surface area contributed by atoms with Gasteiger partial charge >= 0.3 is 11.9 Å². The minimum absolute atomic E-state index is 0.308. The highest BCUT2D eigenvalue weighted by molar-refractivity contribution is 6.31. The summed E-state index contributed by atoms with van der Waals surface area (Å²) in [5.74, 6) is -1.21. The maximum Gasteiger partial charge on any atom is 0.336 e. The van der Waals surface area contributed by atoms with Crippen molar-refractivity contribution in [2.75, 3.05) is 32.7 Å². The van der Waals surface area contributed by atoms with Crippen molar-refractivity contribution in [1.29, 1.82) is 0 Å².